The lowest BCUT2D eigenvalue weighted by molar-refractivity contribution is 0.290. The highest BCUT2D eigenvalue weighted by molar-refractivity contribution is 6.69. The minimum Gasteiger partial charge on any atom is -0.494 e. The number of nitrogen functional groups attached to an aromatic ring is 1. The molecule has 0 fully saturated rings. The third-order valence-electron chi connectivity index (χ3n) is 2.93. The van der Waals surface area contributed by atoms with Gasteiger partial charge >= 0.3 is 0 Å². The van der Waals surface area contributed by atoms with Gasteiger partial charge in [0.1, 0.15) is 5.75 Å². The predicted octanol–water partition coefficient (Wildman–Crippen LogP) is 3.93. The minimum atomic E-state index is -1.55. The van der Waals surface area contributed by atoms with Crippen molar-refractivity contribution in [1.82, 2.24) is 0 Å². The maximum Gasteiger partial charge on any atom is 0.184 e. The average molecular weight is 281 g/mol. The molecule has 0 aliphatic heterocycles. The van der Waals surface area contributed by atoms with E-state index in [1.54, 1.807) is 7.11 Å². The second-order valence-electron chi connectivity index (χ2n) is 6.91. The summed E-state index contributed by atoms with van der Waals surface area (Å²) < 4.78 is 11.4. The topological polar surface area (TPSA) is 44.5 Å². The van der Waals surface area contributed by atoms with Gasteiger partial charge in [-0.3, -0.25) is 0 Å². The summed E-state index contributed by atoms with van der Waals surface area (Å²) in [6, 6.07) is 4.15. The fourth-order valence-corrected chi connectivity index (χ4v) is 2.39. The van der Waals surface area contributed by atoms with Crippen molar-refractivity contribution >= 4 is 14.0 Å². The molecular formula is C15H27NO2Si. The van der Waals surface area contributed by atoms with Crippen molar-refractivity contribution in [3.8, 4) is 5.75 Å². The molecule has 0 spiro atoms. The van der Waals surface area contributed by atoms with Crippen LogP contribution in [0.2, 0.25) is 19.6 Å². The molecule has 0 saturated carbocycles. The number of anilines is 1. The number of hydrogen-bond donors (Lipinski definition) is 1. The molecule has 19 heavy (non-hydrogen) atoms. The van der Waals surface area contributed by atoms with Crippen molar-refractivity contribution in [2.24, 2.45) is 0 Å². The lowest BCUT2D eigenvalue weighted by atomic mass is 9.85. The van der Waals surface area contributed by atoms with Crippen LogP contribution in [0.15, 0.2) is 12.1 Å². The van der Waals surface area contributed by atoms with E-state index in [9.17, 15) is 0 Å². The third-order valence-corrected chi connectivity index (χ3v) is 3.94. The SMILES string of the molecule is COc1c(N)cc(C(C)(C)C)cc1CO[Si](C)(C)C. The Bertz CT molecular complexity index is 445. The smallest absolute Gasteiger partial charge is 0.184 e. The summed E-state index contributed by atoms with van der Waals surface area (Å²) >= 11 is 0. The van der Waals surface area contributed by atoms with E-state index in [0.29, 0.717) is 12.3 Å². The van der Waals surface area contributed by atoms with Crippen LogP contribution in [0.25, 0.3) is 0 Å². The maximum atomic E-state index is 6.10. The number of methoxy groups -OCH3 is 1. The van der Waals surface area contributed by atoms with E-state index >= 15 is 0 Å². The summed E-state index contributed by atoms with van der Waals surface area (Å²) in [7, 11) is 0.101. The van der Waals surface area contributed by atoms with E-state index in [1.165, 1.54) is 5.56 Å². The molecule has 4 heteroatoms. The summed E-state index contributed by atoms with van der Waals surface area (Å²) in [5.74, 6) is 0.742. The quantitative estimate of drug-likeness (QED) is 0.672. The lowest BCUT2D eigenvalue weighted by Crippen LogP contribution is -2.25. The summed E-state index contributed by atoms with van der Waals surface area (Å²) in [6.45, 7) is 13.6. The molecule has 2 N–H and O–H groups in total. The standard InChI is InChI=1S/C15H27NO2Si/c1-15(2,3)12-8-11(10-18-19(5,6)7)14(17-4)13(16)9-12/h8-9H,10,16H2,1-7H3. The van der Waals surface area contributed by atoms with E-state index < -0.39 is 8.32 Å². The van der Waals surface area contributed by atoms with E-state index in [2.05, 4.69) is 46.5 Å². The van der Waals surface area contributed by atoms with E-state index in [1.807, 2.05) is 6.07 Å². The zero-order chi connectivity index (χ0) is 14.8. The Morgan fingerprint density at radius 2 is 1.74 bits per heavy atom. The van der Waals surface area contributed by atoms with Crippen LogP contribution in [-0.4, -0.2) is 15.4 Å². The highest BCUT2D eigenvalue weighted by Crippen LogP contribution is 2.34. The van der Waals surface area contributed by atoms with Gasteiger partial charge in [-0.25, -0.2) is 0 Å². The van der Waals surface area contributed by atoms with Gasteiger partial charge in [-0.15, -0.1) is 0 Å². The second-order valence-corrected chi connectivity index (χ2v) is 11.4. The molecule has 0 aliphatic carbocycles. The molecule has 0 aromatic heterocycles. The van der Waals surface area contributed by atoms with Crippen LogP contribution in [0.1, 0.15) is 31.9 Å². The Kier molecular flexibility index (Phi) is 4.69. The van der Waals surface area contributed by atoms with Gasteiger partial charge in [-0.05, 0) is 42.8 Å². The Labute approximate surface area is 118 Å². The molecule has 1 rings (SSSR count). The van der Waals surface area contributed by atoms with Gasteiger partial charge in [0.2, 0.25) is 0 Å². The first kappa shape index (κ1) is 16.1. The normalized spacial score (nSPS) is 12.6. The van der Waals surface area contributed by atoms with Gasteiger partial charge < -0.3 is 14.9 Å². The summed E-state index contributed by atoms with van der Waals surface area (Å²) in [5, 5.41) is 0. The molecule has 0 atom stereocenters. The van der Waals surface area contributed by atoms with Crippen molar-refractivity contribution in [2.45, 2.75) is 52.4 Å². The van der Waals surface area contributed by atoms with Crippen LogP contribution in [0, 0.1) is 0 Å². The van der Waals surface area contributed by atoms with Crippen molar-refractivity contribution in [3.05, 3.63) is 23.3 Å². The zero-order valence-corrected chi connectivity index (χ0v) is 14.3. The Hall–Kier alpha value is -1.00. The highest BCUT2D eigenvalue weighted by Gasteiger charge is 2.20. The van der Waals surface area contributed by atoms with Crippen LogP contribution in [0.5, 0.6) is 5.75 Å². The molecule has 108 valence electrons. The van der Waals surface area contributed by atoms with Crippen LogP contribution in [0.3, 0.4) is 0 Å². The monoisotopic (exact) mass is 281 g/mol. The van der Waals surface area contributed by atoms with Crippen LogP contribution >= 0.6 is 0 Å². The summed E-state index contributed by atoms with van der Waals surface area (Å²) in [4.78, 5) is 0. The largest absolute Gasteiger partial charge is 0.494 e. The maximum absolute atomic E-state index is 6.10. The Morgan fingerprint density at radius 3 is 2.16 bits per heavy atom. The number of nitrogens with two attached hydrogens (primary N) is 1. The molecule has 0 unspecified atom stereocenters. The van der Waals surface area contributed by atoms with Crippen molar-refractivity contribution in [2.75, 3.05) is 12.8 Å². The minimum absolute atomic E-state index is 0.0638. The Morgan fingerprint density at radius 1 is 1.16 bits per heavy atom. The number of benzene rings is 1. The van der Waals surface area contributed by atoms with Crippen molar-refractivity contribution in [1.29, 1.82) is 0 Å². The summed E-state index contributed by atoms with van der Waals surface area (Å²) in [6.07, 6.45) is 0. The molecule has 1 aromatic carbocycles. The van der Waals surface area contributed by atoms with E-state index in [4.69, 9.17) is 14.9 Å². The number of ether oxygens (including phenoxy) is 1. The van der Waals surface area contributed by atoms with Gasteiger partial charge in [-0.2, -0.15) is 0 Å². The molecule has 0 saturated heterocycles. The summed E-state index contributed by atoms with van der Waals surface area (Å²) in [5.41, 5.74) is 9.09. The molecule has 0 amide bonds. The van der Waals surface area contributed by atoms with Gasteiger partial charge in [-0.1, -0.05) is 20.8 Å². The molecule has 3 nitrogen and oxygen atoms in total. The number of hydrogen-bond acceptors (Lipinski definition) is 3. The molecular weight excluding hydrogens is 254 g/mol. The number of rotatable bonds is 4. The van der Waals surface area contributed by atoms with Gasteiger partial charge in [0.05, 0.1) is 19.4 Å². The van der Waals surface area contributed by atoms with Crippen molar-refractivity contribution in [3.63, 3.8) is 0 Å². The molecule has 0 aliphatic rings. The lowest BCUT2D eigenvalue weighted by Gasteiger charge is -2.24. The first-order valence-corrected chi connectivity index (χ1v) is 10.1. The second kappa shape index (κ2) is 5.55. The molecule has 0 heterocycles. The van der Waals surface area contributed by atoms with Crippen LogP contribution in [0.4, 0.5) is 5.69 Å². The zero-order valence-electron chi connectivity index (χ0n) is 13.3. The first-order valence-electron chi connectivity index (χ1n) is 6.65. The fourth-order valence-electron chi connectivity index (χ4n) is 1.80. The molecule has 0 bridgehead atoms. The van der Waals surface area contributed by atoms with Crippen LogP contribution < -0.4 is 10.5 Å². The van der Waals surface area contributed by atoms with Crippen molar-refractivity contribution < 1.29 is 9.16 Å². The predicted molar refractivity (Wildman–Crippen MR) is 84.2 cm³/mol. The van der Waals surface area contributed by atoms with E-state index in [0.717, 1.165) is 11.3 Å². The fraction of sp³-hybridized carbons (Fsp3) is 0.600. The first-order chi connectivity index (χ1) is 8.54. The van der Waals surface area contributed by atoms with E-state index in [-0.39, 0.29) is 5.41 Å². The average Bonchev–Trinajstić information content (AvgIpc) is 2.23. The van der Waals surface area contributed by atoms with Gasteiger partial charge in [0.15, 0.2) is 8.32 Å². The van der Waals surface area contributed by atoms with Gasteiger partial charge in [0, 0.05) is 5.56 Å². The third kappa shape index (κ3) is 4.55. The molecule has 1 aromatic rings. The van der Waals surface area contributed by atoms with Crippen LogP contribution in [-0.2, 0) is 16.4 Å². The highest BCUT2D eigenvalue weighted by atomic mass is 28.4. The Balaban J connectivity index is 3.16. The van der Waals surface area contributed by atoms with Gasteiger partial charge in [0.25, 0.3) is 0 Å². The molecule has 0 radical (unpaired) electrons.